The zero-order valence-corrected chi connectivity index (χ0v) is 29.4. The van der Waals surface area contributed by atoms with Crippen molar-refractivity contribution in [3.8, 4) is 0 Å². The lowest BCUT2D eigenvalue weighted by Gasteiger charge is -2.50. The van der Waals surface area contributed by atoms with Gasteiger partial charge in [-0.1, -0.05) is 0 Å². The fourth-order valence-electron chi connectivity index (χ4n) is 6.11. The number of likely N-dealkylation sites (N-methyl/N-ethyl adjacent to an activating group) is 1. The number of hydrogen-bond acceptors (Lipinski definition) is 17. The third-order valence-corrected chi connectivity index (χ3v) is 8.67. The first-order valence-corrected chi connectivity index (χ1v) is 16.8. The Morgan fingerprint density at radius 1 is 1.12 bits per heavy atom. The highest BCUT2D eigenvalue weighted by molar-refractivity contribution is 5.80. The highest BCUT2D eigenvalue weighted by Gasteiger charge is 2.54. The normalized spacial score (nSPS) is 36.1. The van der Waals surface area contributed by atoms with Gasteiger partial charge in [-0.25, -0.2) is 4.79 Å². The zero-order chi connectivity index (χ0) is 37.6. The van der Waals surface area contributed by atoms with E-state index in [1.807, 2.05) is 0 Å². The summed E-state index contributed by atoms with van der Waals surface area (Å²) >= 11 is 0. The van der Waals surface area contributed by atoms with E-state index in [1.165, 1.54) is 14.0 Å². The fraction of sp³-hybridized carbons (Fsp3) is 0.871. The lowest BCUT2D eigenvalue weighted by atomic mass is 9.83. The van der Waals surface area contributed by atoms with Crippen LogP contribution in [0.3, 0.4) is 0 Å². The molecule has 0 aromatic heterocycles. The Balaban J connectivity index is 1.84. The number of aliphatic hydroxyl groups is 6. The molecule has 290 valence electrons. The molecule has 19 heteroatoms. The molecule has 2 amide bonds. The van der Waals surface area contributed by atoms with E-state index in [0.717, 1.165) is 4.90 Å². The summed E-state index contributed by atoms with van der Waals surface area (Å²) in [5, 5.41) is 68.9. The predicted octanol–water partition coefficient (Wildman–Crippen LogP) is -4.35. The number of nitrogens with zero attached hydrogens (tertiary/aromatic N) is 1. The summed E-state index contributed by atoms with van der Waals surface area (Å²) < 4.78 is 29.4. The van der Waals surface area contributed by atoms with Crippen LogP contribution >= 0.6 is 0 Å². The topological polar surface area (TPSA) is 307 Å². The number of rotatable bonds is 14. The average molecular weight is 723 g/mol. The molecule has 13 atom stereocenters. The first-order valence-electron chi connectivity index (χ1n) is 16.8. The molecule has 0 bridgehead atoms. The summed E-state index contributed by atoms with van der Waals surface area (Å²) in [5.74, 6) is -0.354. The second-order valence-electron chi connectivity index (χ2n) is 14.4. The van der Waals surface area contributed by atoms with Crippen LogP contribution in [0.4, 0.5) is 4.79 Å². The number of carbonyl (C=O) groups excluding carboxylic acids is 2. The van der Waals surface area contributed by atoms with Crippen molar-refractivity contribution in [3.63, 3.8) is 0 Å². The van der Waals surface area contributed by atoms with E-state index in [4.69, 9.17) is 46.0 Å². The van der Waals surface area contributed by atoms with E-state index in [1.54, 1.807) is 26.8 Å². The van der Waals surface area contributed by atoms with Crippen LogP contribution in [0.2, 0.25) is 0 Å². The Kier molecular flexibility index (Phi) is 15.2. The van der Waals surface area contributed by atoms with E-state index >= 15 is 0 Å². The molecule has 50 heavy (non-hydrogen) atoms. The van der Waals surface area contributed by atoms with Crippen LogP contribution in [-0.2, 0) is 28.5 Å². The molecule has 2 fully saturated rings. The molecule has 1 saturated carbocycles. The van der Waals surface area contributed by atoms with Gasteiger partial charge in [-0.05, 0) is 59.6 Å². The van der Waals surface area contributed by atoms with E-state index in [0.29, 0.717) is 12.2 Å². The van der Waals surface area contributed by atoms with Crippen molar-refractivity contribution < 1.29 is 63.9 Å². The van der Waals surface area contributed by atoms with Gasteiger partial charge in [0, 0.05) is 19.6 Å². The Hall–Kier alpha value is -2.24. The Morgan fingerprint density at radius 2 is 1.78 bits per heavy atom. The monoisotopic (exact) mass is 722 g/mol. The molecular weight excluding hydrogens is 664 g/mol. The largest absolute Gasteiger partial charge is 0.467 e. The summed E-state index contributed by atoms with van der Waals surface area (Å²) in [6, 6.07) is -3.93. The molecule has 0 aromatic rings. The standard InChI is InChI=1S/C31H58N6O13/c1-30(2,3)50-29(44)37(5)25-22(42)28(46-14-31(25,4)45)49-24-19(36-26(43)20(40)8-9-32)10-18(34)23(21(24)41)48-27-17(33)7-6-16(47-27)12-35-11-15(39)13-38/h6,15,17-25,27-28,35,38-42,45H,7-14,32-34H2,1-5H3,(H,36,43)/t15?,17-,18+,19-,20+,21+,22-,23-,24+,25-,27-,28-,31+/m1/s1. The van der Waals surface area contributed by atoms with E-state index in [9.17, 15) is 35.1 Å². The maximum Gasteiger partial charge on any atom is 0.410 e. The van der Waals surface area contributed by atoms with E-state index < -0.39 is 110 Å². The van der Waals surface area contributed by atoms with Gasteiger partial charge in [0.1, 0.15) is 47.5 Å². The number of hydrogen-bond donors (Lipinski definition) is 11. The molecule has 3 rings (SSSR count). The second-order valence-corrected chi connectivity index (χ2v) is 14.4. The minimum Gasteiger partial charge on any atom is -0.467 e. The summed E-state index contributed by atoms with van der Waals surface area (Å²) in [4.78, 5) is 26.9. The minimum atomic E-state index is -1.76. The highest BCUT2D eigenvalue weighted by Crippen LogP contribution is 2.34. The number of carbonyl (C=O) groups is 2. The average Bonchev–Trinajstić information content (AvgIpc) is 3.02. The van der Waals surface area contributed by atoms with Crippen LogP contribution in [0.25, 0.3) is 0 Å². The van der Waals surface area contributed by atoms with Crippen LogP contribution in [0.1, 0.15) is 47.0 Å². The first kappa shape index (κ1) is 42.2. The third-order valence-electron chi connectivity index (χ3n) is 8.67. The minimum absolute atomic E-state index is 0.0292. The number of amides is 2. The maximum absolute atomic E-state index is 12.9. The molecule has 2 aliphatic heterocycles. The van der Waals surface area contributed by atoms with Crippen molar-refractivity contribution in [1.29, 1.82) is 0 Å². The van der Waals surface area contributed by atoms with Crippen LogP contribution in [-0.4, -0.2) is 172 Å². The molecule has 2 heterocycles. The van der Waals surface area contributed by atoms with Crippen LogP contribution in [0, 0.1) is 0 Å². The molecule has 0 spiro atoms. The summed E-state index contributed by atoms with van der Waals surface area (Å²) in [6.45, 7) is 5.88. The SMILES string of the molecule is CN(C(=O)OC(C)(C)C)[C@@H]1[C@@H](O)[C@@H](O[C@@H]2[C@@H](O)[C@H](O[C@H]3OC(CNCC(O)CO)=CC[C@H]3N)[C@@H](N)C[C@H]2NC(=O)[C@@H](O)CCN)OC[C@]1(C)O. The van der Waals surface area contributed by atoms with Gasteiger partial charge in [0.2, 0.25) is 12.2 Å². The number of nitrogens with two attached hydrogens (primary N) is 3. The predicted molar refractivity (Wildman–Crippen MR) is 176 cm³/mol. The molecule has 0 radical (unpaired) electrons. The fourth-order valence-corrected chi connectivity index (χ4v) is 6.11. The van der Waals surface area contributed by atoms with Crippen molar-refractivity contribution in [3.05, 3.63) is 11.8 Å². The zero-order valence-electron chi connectivity index (χ0n) is 29.4. The van der Waals surface area contributed by atoms with Gasteiger partial charge in [-0.2, -0.15) is 0 Å². The second kappa shape index (κ2) is 18.0. The van der Waals surface area contributed by atoms with Gasteiger partial charge in [0.05, 0.1) is 44.0 Å². The Bertz CT molecular complexity index is 1140. The van der Waals surface area contributed by atoms with Crippen molar-refractivity contribution >= 4 is 12.0 Å². The molecule has 1 aliphatic carbocycles. The molecule has 19 nitrogen and oxygen atoms in total. The van der Waals surface area contributed by atoms with Gasteiger partial charge in [0.25, 0.3) is 0 Å². The highest BCUT2D eigenvalue weighted by atomic mass is 16.7. The number of aliphatic hydroxyl groups excluding tert-OH is 5. The third kappa shape index (κ3) is 11.1. The maximum atomic E-state index is 12.9. The molecule has 1 unspecified atom stereocenters. The van der Waals surface area contributed by atoms with Gasteiger partial charge in [-0.3, -0.25) is 4.79 Å². The van der Waals surface area contributed by atoms with Gasteiger partial charge >= 0.3 is 6.09 Å². The van der Waals surface area contributed by atoms with E-state index in [2.05, 4.69) is 10.6 Å². The molecular formula is C31H58N6O13. The molecule has 1 saturated heterocycles. The first-order chi connectivity index (χ1) is 23.3. The smallest absolute Gasteiger partial charge is 0.410 e. The van der Waals surface area contributed by atoms with Gasteiger partial charge < -0.3 is 87.1 Å². The lowest BCUT2D eigenvalue weighted by molar-refractivity contribution is -0.310. The Labute approximate surface area is 292 Å². The van der Waals surface area contributed by atoms with Crippen molar-refractivity contribution in [1.82, 2.24) is 15.5 Å². The van der Waals surface area contributed by atoms with Crippen molar-refractivity contribution in [2.24, 2.45) is 17.2 Å². The Morgan fingerprint density at radius 3 is 2.40 bits per heavy atom. The molecule has 14 N–H and O–H groups in total. The van der Waals surface area contributed by atoms with Crippen molar-refractivity contribution in [2.45, 2.75) is 132 Å². The molecule has 0 aromatic carbocycles. The van der Waals surface area contributed by atoms with E-state index in [-0.39, 0.29) is 32.5 Å². The lowest BCUT2D eigenvalue weighted by Crippen LogP contribution is -2.70. The van der Waals surface area contributed by atoms with Crippen LogP contribution in [0.5, 0.6) is 0 Å². The van der Waals surface area contributed by atoms with Crippen LogP contribution < -0.4 is 27.8 Å². The van der Waals surface area contributed by atoms with Crippen molar-refractivity contribution in [2.75, 3.05) is 39.9 Å². The van der Waals surface area contributed by atoms with Gasteiger partial charge in [0.15, 0.2) is 6.29 Å². The molecule has 3 aliphatic rings. The van der Waals surface area contributed by atoms with Crippen LogP contribution in [0.15, 0.2) is 11.8 Å². The number of nitrogens with one attached hydrogen (secondary N) is 2. The van der Waals surface area contributed by atoms with Gasteiger partial charge in [-0.15, -0.1) is 0 Å². The quantitative estimate of drug-likeness (QED) is 0.0807. The summed E-state index contributed by atoms with van der Waals surface area (Å²) in [7, 11) is 1.35. The number of ether oxygens (including phenoxy) is 5. The summed E-state index contributed by atoms with van der Waals surface area (Å²) in [6.07, 6.45) is -9.72. The summed E-state index contributed by atoms with van der Waals surface area (Å²) in [5.41, 5.74) is 15.6.